The van der Waals surface area contributed by atoms with Crippen LogP contribution in [0.25, 0.3) is 17.1 Å². The van der Waals surface area contributed by atoms with Crippen LogP contribution in [0, 0.1) is 0 Å². The van der Waals surface area contributed by atoms with Crippen molar-refractivity contribution < 1.29 is 9.59 Å². The lowest BCUT2D eigenvalue weighted by Crippen LogP contribution is -2.49. The average Bonchev–Trinajstić information content (AvgIpc) is 3.21. The Morgan fingerprint density at radius 2 is 1.58 bits per heavy atom. The zero-order valence-corrected chi connectivity index (χ0v) is 19.1. The van der Waals surface area contributed by atoms with E-state index >= 15 is 0 Å². The number of aliphatic imine (C=N–C) groups is 1. The molecule has 5 rings (SSSR count). The van der Waals surface area contributed by atoms with E-state index in [1.165, 1.54) is 10.8 Å². The highest BCUT2D eigenvalue weighted by Crippen LogP contribution is 2.19. The number of carbonyl (C=O) groups excluding carboxylic acids is 2. The lowest BCUT2D eigenvalue weighted by molar-refractivity contribution is -0.133. The number of allylic oxidation sites excluding steroid dienone is 2. The molecule has 0 saturated heterocycles. The summed E-state index contributed by atoms with van der Waals surface area (Å²) < 4.78 is 1.32. The third-order valence-electron chi connectivity index (χ3n) is 5.53. The van der Waals surface area contributed by atoms with Crippen molar-refractivity contribution in [3.8, 4) is 0 Å². The summed E-state index contributed by atoms with van der Waals surface area (Å²) in [6.45, 7) is -0.291. The molecule has 1 aromatic heterocycles. The summed E-state index contributed by atoms with van der Waals surface area (Å²) in [5.41, 5.74) is 5.13. The molecule has 4 aromatic rings. The maximum atomic E-state index is 13.2. The number of hydrogen-bond acceptors (Lipinski definition) is 5. The molecule has 0 aliphatic carbocycles. The van der Waals surface area contributed by atoms with Crippen molar-refractivity contribution in [1.82, 2.24) is 20.0 Å². The number of nitrogens with zero attached hydrogens (tertiary/aromatic N) is 4. The number of amides is 2. The average molecular weight is 476 g/mol. The minimum absolute atomic E-state index is 0.174. The molecule has 1 aliphatic heterocycles. The fourth-order valence-corrected chi connectivity index (χ4v) is 3.81. The molecule has 2 amide bonds. The van der Waals surface area contributed by atoms with Crippen LogP contribution < -0.4 is 11.0 Å². The molecule has 1 N–H and O–H groups in total. The number of carbonyl (C=O) groups is 2. The first-order chi connectivity index (χ1) is 17.6. The monoisotopic (exact) mass is 475 g/mol. The van der Waals surface area contributed by atoms with Gasteiger partial charge in [0.25, 0.3) is 17.4 Å². The van der Waals surface area contributed by atoms with Gasteiger partial charge in [0.1, 0.15) is 12.2 Å². The highest BCUT2D eigenvalue weighted by molar-refractivity contribution is 6.18. The van der Waals surface area contributed by atoms with Crippen molar-refractivity contribution in [3.63, 3.8) is 0 Å². The van der Waals surface area contributed by atoms with Crippen LogP contribution in [0.1, 0.15) is 11.1 Å². The first-order valence-corrected chi connectivity index (χ1v) is 11.3. The molecule has 0 saturated carbocycles. The van der Waals surface area contributed by atoms with E-state index in [9.17, 15) is 14.4 Å². The minimum atomic E-state index is -0.550. The van der Waals surface area contributed by atoms with Crippen LogP contribution in [-0.4, -0.2) is 32.2 Å². The van der Waals surface area contributed by atoms with Gasteiger partial charge < -0.3 is 0 Å². The molecular formula is C28H21N5O3. The Morgan fingerprint density at radius 3 is 2.36 bits per heavy atom. The third-order valence-corrected chi connectivity index (χ3v) is 5.53. The predicted molar refractivity (Wildman–Crippen MR) is 138 cm³/mol. The fraction of sp³-hybridized carbons (Fsp3) is 0.0357. The summed E-state index contributed by atoms with van der Waals surface area (Å²) in [7, 11) is 0. The molecule has 8 heteroatoms. The smallest absolute Gasteiger partial charge is 0.296 e. The molecular weight excluding hydrogens is 454 g/mol. The number of hydrogen-bond donors (Lipinski definition) is 1. The molecule has 3 aromatic carbocycles. The molecule has 0 atom stereocenters. The van der Waals surface area contributed by atoms with Crippen LogP contribution in [0.15, 0.2) is 119 Å². The van der Waals surface area contributed by atoms with Crippen LogP contribution in [0.5, 0.6) is 0 Å². The van der Waals surface area contributed by atoms with Gasteiger partial charge in [0.05, 0.1) is 17.2 Å². The Kier molecular flexibility index (Phi) is 6.31. The molecule has 0 radical (unpaired) electrons. The second-order valence-corrected chi connectivity index (χ2v) is 7.97. The number of fused-ring (bicyclic) bond motifs is 1. The molecule has 176 valence electrons. The zero-order valence-electron chi connectivity index (χ0n) is 19.1. The molecule has 0 unspecified atom stereocenters. The number of aromatic nitrogens is 2. The Labute approximate surface area is 206 Å². The van der Waals surface area contributed by atoms with Crippen LogP contribution >= 0.6 is 0 Å². The van der Waals surface area contributed by atoms with E-state index in [2.05, 4.69) is 15.4 Å². The first kappa shape index (κ1) is 22.7. The number of para-hydroxylation sites is 2. The van der Waals surface area contributed by atoms with E-state index < -0.39 is 17.4 Å². The Bertz CT molecular complexity index is 1590. The number of rotatable bonds is 6. The van der Waals surface area contributed by atoms with Crippen LogP contribution in [0.3, 0.4) is 0 Å². The molecule has 36 heavy (non-hydrogen) atoms. The van der Waals surface area contributed by atoms with Gasteiger partial charge in [0.2, 0.25) is 0 Å². The molecule has 0 spiro atoms. The summed E-state index contributed by atoms with van der Waals surface area (Å²) in [6, 6.07) is 25.8. The van der Waals surface area contributed by atoms with Gasteiger partial charge in [-0.15, -0.1) is 0 Å². The lowest BCUT2D eigenvalue weighted by Gasteiger charge is -2.19. The Morgan fingerprint density at radius 1 is 0.889 bits per heavy atom. The molecule has 0 fully saturated rings. The quantitative estimate of drug-likeness (QED) is 0.433. The highest BCUT2D eigenvalue weighted by atomic mass is 16.2. The number of amidine groups is 1. The summed E-state index contributed by atoms with van der Waals surface area (Å²) >= 11 is 0. The van der Waals surface area contributed by atoms with Gasteiger partial charge in [-0.1, -0.05) is 84.9 Å². The van der Waals surface area contributed by atoms with Gasteiger partial charge in [-0.05, 0) is 23.8 Å². The summed E-state index contributed by atoms with van der Waals surface area (Å²) in [5.74, 6) is -0.737. The van der Waals surface area contributed by atoms with Crippen molar-refractivity contribution in [2.75, 3.05) is 0 Å². The predicted octanol–water partition coefficient (Wildman–Crippen LogP) is 3.31. The Balaban J connectivity index is 1.42. The minimum Gasteiger partial charge on any atom is -0.296 e. The van der Waals surface area contributed by atoms with E-state index in [0.717, 1.165) is 10.6 Å². The van der Waals surface area contributed by atoms with Crippen molar-refractivity contribution in [1.29, 1.82) is 0 Å². The largest absolute Gasteiger partial charge is 0.297 e. The van der Waals surface area contributed by atoms with Gasteiger partial charge in [-0.2, -0.15) is 5.01 Å². The normalized spacial score (nSPS) is 14.6. The van der Waals surface area contributed by atoms with Crippen LogP contribution in [0.2, 0.25) is 0 Å². The zero-order chi connectivity index (χ0) is 24.9. The van der Waals surface area contributed by atoms with Crippen molar-refractivity contribution in [2.24, 2.45) is 4.99 Å². The van der Waals surface area contributed by atoms with Crippen LogP contribution in [-0.2, 0) is 16.1 Å². The van der Waals surface area contributed by atoms with E-state index in [-0.39, 0.29) is 12.2 Å². The van der Waals surface area contributed by atoms with Gasteiger partial charge >= 0.3 is 0 Å². The van der Waals surface area contributed by atoms with E-state index in [1.807, 2.05) is 54.6 Å². The molecule has 8 nitrogen and oxygen atoms in total. The maximum absolute atomic E-state index is 13.2. The number of nitrogens with one attached hydrogen (secondary N) is 1. The maximum Gasteiger partial charge on any atom is 0.297 e. The van der Waals surface area contributed by atoms with Gasteiger partial charge in [-0.3, -0.25) is 24.4 Å². The third kappa shape index (κ3) is 4.74. The Hall–Kier alpha value is -5.11. The highest BCUT2D eigenvalue weighted by Gasteiger charge is 2.32. The SMILES string of the molecule is O=C(Cn1c(=O)cnc2ccccc21)NN1C(=O)/C(=C\C=C\c2ccccc2)N=C1c1ccccc1. The van der Waals surface area contributed by atoms with Gasteiger partial charge in [0.15, 0.2) is 5.84 Å². The van der Waals surface area contributed by atoms with Crippen LogP contribution in [0.4, 0.5) is 0 Å². The van der Waals surface area contributed by atoms with E-state index in [0.29, 0.717) is 22.4 Å². The van der Waals surface area contributed by atoms with Crippen molar-refractivity contribution in [3.05, 3.63) is 130 Å². The molecule has 2 heterocycles. The van der Waals surface area contributed by atoms with Crippen molar-refractivity contribution in [2.45, 2.75) is 6.54 Å². The van der Waals surface area contributed by atoms with E-state index in [4.69, 9.17) is 0 Å². The second kappa shape index (κ2) is 10.0. The summed E-state index contributed by atoms with van der Waals surface area (Å²) in [5, 5.41) is 1.12. The lowest BCUT2D eigenvalue weighted by atomic mass is 10.2. The van der Waals surface area contributed by atoms with E-state index in [1.54, 1.807) is 48.6 Å². The number of hydrazine groups is 1. The van der Waals surface area contributed by atoms with Gasteiger partial charge in [0, 0.05) is 5.56 Å². The second-order valence-electron chi connectivity index (χ2n) is 7.97. The summed E-state index contributed by atoms with van der Waals surface area (Å²) in [4.78, 5) is 47.3. The molecule has 1 aliphatic rings. The summed E-state index contributed by atoms with van der Waals surface area (Å²) in [6.07, 6.45) is 6.38. The van der Waals surface area contributed by atoms with Crippen molar-refractivity contribution >= 4 is 34.8 Å². The fourth-order valence-electron chi connectivity index (χ4n) is 3.81. The number of benzene rings is 3. The van der Waals surface area contributed by atoms with Gasteiger partial charge in [-0.25, -0.2) is 9.98 Å². The molecule has 0 bridgehead atoms. The standard InChI is InChI=1S/C28H21N5O3/c34-25(19-32-24-17-8-7-15-22(24)29-18-26(32)35)31-33-27(21-13-5-2-6-14-21)30-23(28(33)36)16-9-12-20-10-3-1-4-11-20/h1-18H,19H2,(H,31,34)/b12-9+,23-16+. The first-order valence-electron chi connectivity index (χ1n) is 11.3. The topological polar surface area (TPSA) is 96.7 Å².